The summed E-state index contributed by atoms with van der Waals surface area (Å²) in [5.74, 6) is -0.134. The molecule has 1 aromatic carbocycles. The number of amides is 1. The molecule has 2 N–H and O–H groups in total. The number of hydrogen-bond acceptors (Lipinski definition) is 7. The van der Waals surface area contributed by atoms with Crippen molar-refractivity contribution < 1.29 is 29.2 Å². The average Bonchev–Trinajstić information content (AvgIpc) is 2.71. The Bertz CT molecular complexity index is 741. The van der Waals surface area contributed by atoms with Gasteiger partial charge in [-0.3, -0.25) is 4.79 Å². The van der Waals surface area contributed by atoms with Gasteiger partial charge in [0.05, 0.1) is 17.1 Å². The zero-order chi connectivity index (χ0) is 24.3. The first kappa shape index (κ1) is 27.1. The van der Waals surface area contributed by atoms with Crippen molar-refractivity contribution in [3.8, 4) is 0 Å². The second-order valence-electron chi connectivity index (χ2n) is 9.86. The van der Waals surface area contributed by atoms with E-state index in [1.165, 1.54) is 0 Å². The number of benzene rings is 1. The van der Waals surface area contributed by atoms with Crippen molar-refractivity contribution in [1.82, 2.24) is 4.90 Å². The number of likely N-dealkylation sites (N-methyl/N-ethyl adjacent to an activating group) is 1. The van der Waals surface area contributed by atoms with Gasteiger partial charge in [-0.05, 0) is 39.2 Å². The van der Waals surface area contributed by atoms with Gasteiger partial charge in [0.2, 0.25) is 0 Å². The van der Waals surface area contributed by atoms with Crippen LogP contribution in [0.15, 0.2) is 30.3 Å². The van der Waals surface area contributed by atoms with Crippen molar-refractivity contribution in [2.45, 2.75) is 89.8 Å². The maximum atomic E-state index is 13.5. The van der Waals surface area contributed by atoms with Crippen LogP contribution in [0.5, 0.6) is 0 Å². The van der Waals surface area contributed by atoms with Gasteiger partial charge in [-0.25, -0.2) is 0 Å². The topological polar surface area (TPSA) is 88.5 Å². The molecule has 1 aliphatic rings. The highest BCUT2D eigenvalue weighted by atomic mass is 32.1. The summed E-state index contributed by atoms with van der Waals surface area (Å²) >= 11 is 4.11. The van der Waals surface area contributed by atoms with Crippen molar-refractivity contribution in [2.24, 2.45) is 5.92 Å². The first-order valence-electron chi connectivity index (χ1n) is 11.0. The second kappa shape index (κ2) is 10.8. The van der Waals surface area contributed by atoms with E-state index >= 15 is 0 Å². The van der Waals surface area contributed by atoms with Crippen LogP contribution in [0.4, 0.5) is 0 Å². The van der Waals surface area contributed by atoms with Crippen molar-refractivity contribution in [3.63, 3.8) is 0 Å². The van der Waals surface area contributed by atoms with Crippen LogP contribution in [0.2, 0.25) is 0 Å². The lowest BCUT2D eigenvalue weighted by molar-refractivity contribution is -0.286. The van der Waals surface area contributed by atoms with E-state index in [0.29, 0.717) is 6.54 Å². The maximum absolute atomic E-state index is 13.5. The molecule has 182 valence electrons. The number of carbonyl (C=O) groups is 1. The first-order chi connectivity index (χ1) is 14.8. The zero-order valence-corrected chi connectivity index (χ0v) is 21.1. The molecule has 0 spiro atoms. The van der Waals surface area contributed by atoms with E-state index < -0.39 is 41.7 Å². The summed E-state index contributed by atoms with van der Waals surface area (Å²) in [6.07, 6.45) is -5.76. The number of thiol groups is 1. The Morgan fingerprint density at radius 1 is 1.16 bits per heavy atom. The molecule has 32 heavy (non-hydrogen) atoms. The summed E-state index contributed by atoms with van der Waals surface area (Å²) in [4.78, 5) is 15.1. The zero-order valence-electron chi connectivity index (χ0n) is 20.2. The van der Waals surface area contributed by atoms with Crippen LogP contribution in [-0.4, -0.2) is 75.7 Å². The Kier molecular flexibility index (Phi) is 9.18. The molecule has 5 atom stereocenters. The lowest BCUT2D eigenvalue weighted by Crippen LogP contribution is -2.67. The van der Waals surface area contributed by atoms with Crippen molar-refractivity contribution >= 4 is 18.5 Å². The number of ether oxygens (including phenoxy) is 3. The molecule has 1 unspecified atom stereocenters. The number of aliphatic hydroxyl groups is 2. The standard InChI is InChI=1S/C24H39NO6S/c1-15(2)23(3,4)31-19-17(26)18(27)21(24(5,6)29-14-32)30-20(19)22(28)25(7)13-16-11-9-8-10-12-16/h8-12,15,17-21,26-27,32H,13-14H2,1-7H3/t17-,18+,19+,20?,21-/m1/s1. The van der Waals surface area contributed by atoms with Gasteiger partial charge in [0.15, 0.2) is 6.10 Å². The molecule has 0 radical (unpaired) electrons. The summed E-state index contributed by atoms with van der Waals surface area (Å²) in [5, 5.41) is 22.0. The van der Waals surface area contributed by atoms with Gasteiger partial charge in [0.25, 0.3) is 5.91 Å². The van der Waals surface area contributed by atoms with Crippen LogP contribution < -0.4 is 0 Å². The highest BCUT2D eigenvalue weighted by Crippen LogP contribution is 2.35. The Balaban J connectivity index is 2.36. The van der Waals surface area contributed by atoms with Crippen LogP contribution in [0.25, 0.3) is 0 Å². The number of aliphatic hydroxyl groups excluding tert-OH is 2. The third-order valence-corrected chi connectivity index (χ3v) is 6.55. The summed E-state index contributed by atoms with van der Waals surface area (Å²) in [7, 11) is 1.69. The molecule has 8 heteroatoms. The molecule has 1 aliphatic heterocycles. The third kappa shape index (κ3) is 6.24. The Morgan fingerprint density at radius 3 is 2.28 bits per heavy atom. The van der Waals surface area contributed by atoms with E-state index in [2.05, 4.69) is 12.6 Å². The lowest BCUT2D eigenvalue weighted by Gasteiger charge is -2.49. The molecule has 1 amide bonds. The monoisotopic (exact) mass is 469 g/mol. The molecule has 7 nitrogen and oxygen atoms in total. The smallest absolute Gasteiger partial charge is 0.254 e. The van der Waals surface area contributed by atoms with Crippen molar-refractivity contribution in [2.75, 3.05) is 13.0 Å². The molecule has 0 bridgehead atoms. The van der Waals surface area contributed by atoms with E-state index in [1.54, 1.807) is 25.8 Å². The van der Waals surface area contributed by atoms with E-state index in [9.17, 15) is 15.0 Å². The minimum Gasteiger partial charge on any atom is -0.387 e. The molecular weight excluding hydrogens is 430 g/mol. The largest absolute Gasteiger partial charge is 0.387 e. The summed E-state index contributed by atoms with van der Waals surface area (Å²) < 4.78 is 18.0. The van der Waals surface area contributed by atoms with Gasteiger partial charge in [-0.1, -0.05) is 44.2 Å². The van der Waals surface area contributed by atoms with Crippen molar-refractivity contribution in [3.05, 3.63) is 35.9 Å². The molecule has 0 saturated carbocycles. The van der Waals surface area contributed by atoms with Crippen molar-refractivity contribution in [1.29, 1.82) is 0 Å². The third-order valence-electron chi connectivity index (χ3n) is 6.42. The normalized spacial score (nSPS) is 26.9. The summed E-state index contributed by atoms with van der Waals surface area (Å²) in [5.41, 5.74) is -0.679. The fourth-order valence-corrected chi connectivity index (χ4v) is 3.99. The summed E-state index contributed by atoms with van der Waals surface area (Å²) in [6.45, 7) is 11.6. The molecule has 1 fully saturated rings. The van der Waals surface area contributed by atoms with Crippen LogP contribution >= 0.6 is 12.6 Å². The predicted octanol–water partition coefficient (Wildman–Crippen LogP) is 2.64. The maximum Gasteiger partial charge on any atom is 0.254 e. The lowest BCUT2D eigenvalue weighted by atomic mass is 9.85. The average molecular weight is 470 g/mol. The molecule has 0 aliphatic carbocycles. The fraction of sp³-hybridized carbons (Fsp3) is 0.708. The Hall–Kier alpha value is -1.16. The van der Waals surface area contributed by atoms with Gasteiger partial charge in [-0.2, -0.15) is 12.6 Å². The first-order valence-corrected chi connectivity index (χ1v) is 11.7. The van der Waals surface area contributed by atoms with E-state index in [1.807, 2.05) is 58.0 Å². The predicted molar refractivity (Wildman–Crippen MR) is 126 cm³/mol. The van der Waals surface area contributed by atoms with E-state index in [-0.39, 0.29) is 17.8 Å². The molecule has 0 aromatic heterocycles. The number of hydrogen-bond donors (Lipinski definition) is 3. The minimum absolute atomic E-state index is 0.0997. The number of carbonyl (C=O) groups excluding carboxylic acids is 1. The summed E-state index contributed by atoms with van der Waals surface area (Å²) in [6, 6.07) is 9.61. The highest BCUT2D eigenvalue weighted by molar-refractivity contribution is 7.80. The van der Waals surface area contributed by atoms with Crippen LogP contribution in [0.3, 0.4) is 0 Å². The molecule has 1 aromatic rings. The van der Waals surface area contributed by atoms with Gasteiger partial charge in [0.1, 0.15) is 24.4 Å². The molecule has 2 rings (SSSR count). The van der Waals surface area contributed by atoms with E-state index in [0.717, 1.165) is 5.56 Å². The molecular formula is C24H39NO6S. The van der Waals surface area contributed by atoms with Gasteiger partial charge in [0, 0.05) is 13.6 Å². The minimum atomic E-state index is -1.34. The molecule has 1 heterocycles. The van der Waals surface area contributed by atoms with Crippen LogP contribution in [-0.2, 0) is 25.5 Å². The number of rotatable bonds is 9. The second-order valence-corrected chi connectivity index (χ2v) is 10.1. The highest BCUT2D eigenvalue weighted by Gasteiger charge is 2.54. The van der Waals surface area contributed by atoms with Crippen LogP contribution in [0, 0.1) is 5.92 Å². The Morgan fingerprint density at radius 2 is 1.75 bits per heavy atom. The quantitative estimate of drug-likeness (QED) is 0.381. The van der Waals surface area contributed by atoms with Gasteiger partial charge < -0.3 is 29.3 Å². The van der Waals surface area contributed by atoms with Crippen LogP contribution in [0.1, 0.15) is 47.1 Å². The van der Waals surface area contributed by atoms with Gasteiger partial charge >= 0.3 is 0 Å². The van der Waals surface area contributed by atoms with Gasteiger partial charge in [-0.15, -0.1) is 0 Å². The molecule has 1 saturated heterocycles. The Labute approximate surface area is 197 Å². The fourth-order valence-electron chi connectivity index (χ4n) is 3.66. The number of nitrogens with zero attached hydrogens (tertiary/aromatic N) is 1. The SMILES string of the molecule is CC(C)C(C)(C)O[C@@H]1C(C(=O)N(C)Cc2ccccc2)O[C@@H](C(C)(C)OCS)[C@@H](O)[C@H]1O. The van der Waals surface area contributed by atoms with E-state index in [4.69, 9.17) is 14.2 Å².